The van der Waals surface area contributed by atoms with E-state index < -0.39 is 38.3 Å². The summed E-state index contributed by atoms with van der Waals surface area (Å²) < 4.78 is 61.8. The van der Waals surface area contributed by atoms with Crippen molar-refractivity contribution in [2.75, 3.05) is 13.4 Å². The largest absolute Gasteiger partial charge is 0.466 e. The summed E-state index contributed by atoms with van der Waals surface area (Å²) in [6, 6.07) is 2.55. The third kappa shape index (κ3) is 7.54. The normalized spacial score (nSPS) is 14.9. The first-order valence-corrected chi connectivity index (χ1v) is 12.2. The van der Waals surface area contributed by atoms with Crippen molar-refractivity contribution in [2.45, 2.75) is 51.7 Å². The van der Waals surface area contributed by atoms with Gasteiger partial charge in [-0.15, -0.1) is 0 Å². The van der Waals surface area contributed by atoms with Gasteiger partial charge in [0, 0.05) is 6.08 Å². The molecule has 0 heterocycles. The van der Waals surface area contributed by atoms with Gasteiger partial charge < -0.3 is 4.74 Å². The summed E-state index contributed by atoms with van der Waals surface area (Å²) in [6.45, 7) is 8.69. The van der Waals surface area contributed by atoms with Gasteiger partial charge in [0.2, 0.25) is 10.0 Å². The summed E-state index contributed by atoms with van der Waals surface area (Å²) in [5.41, 5.74) is 2.07. The predicted molar refractivity (Wildman–Crippen MR) is 110 cm³/mol. The third-order valence-electron chi connectivity index (χ3n) is 4.15. The number of hydrogen-bond acceptors (Lipinski definition) is 7. The molecular formula is C19H29NO7S2. The molecule has 0 aliphatic heterocycles. The SMILES string of the molecule is COC(=O)/C=C/[C@H](OS(C)(=O)=O)[C@@H](NS(=O)(=O)c1c(C)cc(C)cc1C)C(C)C. The zero-order valence-corrected chi connectivity index (χ0v) is 19.3. The van der Waals surface area contributed by atoms with Gasteiger partial charge in [0.25, 0.3) is 10.1 Å². The van der Waals surface area contributed by atoms with Crippen molar-refractivity contribution in [1.82, 2.24) is 4.72 Å². The van der Waals surface area contributed by atoms with E-state index >= 15 is 0 Å². The van der Waals surface area contributed by atoms with E-state index in [1.165, 1.54) is 13.2 Å². The second-order valence-corrected chi connectivity index (χ2v) is 10.5. The van der Waals surface area contributed by atoms with Crippen LogP contribution in [0.2, 0.25) is 0 Å². The molecule has 29 heavy (non-hydrogen) atoms. The van der Waals surface area contributed by atoms with Crippen molar-refractivity contribution in [1.29, 1.82) is 0 Å². The lowest BCUT2D eigenvalue weighted by Crippen LogP contribution is -2.48. The molecule has 1 N–H and O–H groups in total. The van der Waals surface area contributed by atoms with Gasteiger partial charge in [-0.25, -0.2) is 17.9 Å². The number of rotatable bonds is 9. The Morgan fingerprint density at radius 1 is 1.07 bits per heavy atom. The lowest BCUT2D eigenvalue weighted by Gasteiger charge is -2.28. The molecule has 0 saturated carbocycles. The van der Waals surface area contributed by atoms with E-state index in [9.17, 15) is 21.6 Å². The molecule has 0 aliphatic carbocycles. The minimum atomic E-state index is -4.00. The van der Waals surface area contributed by atoms with Crippen LogP contribution in [0, 0.1) is 26.7 Å². The van der Waals surface area contributed by atoms with Crippen LogP contribution in [0.1, 0.15) is 30.5 Å². The van der Waals surface area contributed by atoms with Crippen LogP contribution < -0.4 is 4.72 Å². The number of carbonyl (C=O) groups is 1. The lowest BCUT2D eigenvalue weighted by molar-refractivity contribution is -0.134. The number of nitrogens with one attached hydrogen (secondary N) is 1. The number of methoxy groups -OCH3 is 1. The zero-order chi connectivity index (χ0) is 22.6. The van der Waals surface area contributed by atoms with Gasteiger partial charge in [-0.1, -0.05) is 31.5 Å². The van der Waals surface area contributed by atoms with Crippen LogP contribution >= 0.6 is 0 Å². The Balaban J connectivity index is 3.41. The molecule has 164 valence electrons. The first-order chi connectivity index (χ1) is 13.2. The maximum atomic E-state index is 13.1. The van der Waals surface area contributed by atoms with Gasteiger partial charge in [-0.2, -0.15) is 8.42 Å². The number of carbonyl (C=O) groups excluding carboxylic acids is 1. The number of ether oxygens (including phenoxy) is 1. The van der Waals surface area contributed by atoms with Gasteiger partial charge in [0.15, 0.2) is 0 Å². The standard InChI is InChI=1S/C19H29NO7S2/c1-12(2)18(16(27-28(7,22)23)8-9-17(21)26-6)20-29(24,25)19-14(4)10-13(3)11-15(19)5/h8-12,16,18,20H,1-7H3/b9-8+/t16-,18-/m0/s1. The molecule has 8 nitrogen and oxygen atoms in total. The van der Waals surface area contributed by atoms with Crippen molar-refractivity contribution in [3.05, 3.63) is 41.0 Å². The maximum absolute atomic E-state index is 13.1. The summed E-state index contributed by atoms with van der Waals surface area (Å²) in [5.74, 6) is -1.08. The molecule has 0 saturated heterocycles. The van der Waals surface area contributed by atoms with Gasteiger partial charge >= 0.3 is 5.97 Å². The summed E-state index contributed by atoms with van der Waals surface area (Å²) in [7, 11) is -6.77. The van der Waals surface area contributed by atoms with Crippen LogP contribution in [-0.4, -0.2) is 48.3 Å². The highest BCUT2D eigenvalue weighted by atomic mass is 32.2. The first kappa shape index (κ1) is 25.3. The molecule has 0 amide bonds. The Kier molecular flexibility index (Phi) is 8.58. The number of sulfonamides is 1. The van der Waals surface area contributed by atoms with Gasteiger partial charge in [0.05, 0.1) is 24.3 Å². The minimum absolute atomic E-state index is 0.129. The summed E-state index contributed by atoms with van der Waals surface area (Å²) in [6.07, 6.45) is 1.79. The highest BCUT2D eigenvalue weighted by Crippen LogP contribution is 2.24. The van der Waals surface area contributed by atoms with E-state index in [4.69, 9.17) is 4.18 Å². The zero-order valence-electron chi connectivity index (χ0n) is 17.7. The molecule has 0 radical (unpaired) electrons. The average Bonchev–Trinajstić information content (AvgIpc) is 2.53. The predicted octanol–water partition coefficient (Wildman–Crippen LogP) is 1.99. The molecule has 0 aliphatic rings. The second kappa shape index (κ2) is 9.84. The molecule has 0 unspecified atom stereocenters. The molecule has 1 aromatic rings. The highest BCUT2D eigenvalue weighted by molar-refractivity contribution is 7.89. The van der Waals surface area contributed by atoms with Crippen LogP contribution in [0.4, 0.5) is 0 Å². The van der Waals surface area contributed by atoms with Crippen LogP contribution in [-0.2, 0) is 33.9 Å². The highest BCUT2D eigenvalue weighted by Gasteiger charge is 2.32. The fourth-order valence-electron chi connectivity index (χ4n) is 3.07. The third-order valence-corrected chi connectivity index (χ3v) is 6.48. The van der Waals surface area contributed by atoms with Crippen molar-refractivity contribution >= 4 is 26.1 Å². The second-order valence-electron chi connectivity index (χ2n) is 7.27. The molecular weight excluding hydrogens is 418 g/mol. The molecule has 2 atom stereocenters. The van der Waals surface area contributed by atoms with Crippen LogP contribution in [0.15, 0.2) is 29.2 Å². The number of benzene rings is 1. The van der Waals surface area contributed by atoms with E-state index in [-0.39, 0.29) is 10.8 Å². The van der Waals surface area contributed by atoms with Crippen LogP contribution in [0.25, 0.3) is 0 Å². The number of aryl methyl sites for hydroxylation is 3. The first-order valence-electron chi connectivity index (χ1n) is 8.92. The molecule has 0 aromatic heterocycles. The fraction of sp³-hybridized carbons (Fsp3) is 0.526. The fourth-order valence-corrected chi connectivity index (χ4v) is 5.50. The summed E-state index contributed by atoms with van der Waals surface area (Å²) in [5, 5.41) is 0. The summed E-state index contributed by atoms with van der Waals surface area (Å²) in [4.78, 5) is 11.6. The Hall–Kier alpha value is -1.75. The average molecular weight is 448 g/mol. The van der Waals surface area contributed by atoms with E-state index in [2.05, 4.69) is 9.46 Å². The molecule has 0 fully saturated rings. The quantitative estimate of drug-likeness (QED) is 0.350. The van der Waals surface area contributed by atoms with E-state index in [1.807, 2.05) is 6.92 Å². The maximum Gasteiger partial charge on any atom is 0.330 e. The molecule has 1 rings (SSSR count). The van der Waals surface area contributed by atoms with Crippen molar-refractivity contribution in [3.8, 4) is 0 Å². The number of hydrogen-bond donors (Lipinski definition) is 1. The van der Waals surface area contributed by atoms with Crippen molar-refractivity contribution < 1.29 is 30.6 Å². The summed E-state index contributed by atoms with van der Waals surface area (Å²) >= 11 is 0. The van der Waals surface area contributed by atoms with Crippen LogP contribution in [0.3, 0.4) is 0 Å². The smallest absolute Gasteiger partial charge is 0.330 e. The lowest BCUT2D eigenvalue weighted by atomic mass is 9.99. The molecule has 0 bridgehead atoms. The van der Waals surface area contributed by atoms with Crippen molar-refractivity contribution in [2.24, 2.45) is 5.92 Å². The van der Waals surface area contributed by atoms with Gasteiger partial charge in [0.1, 0.15) is 6.10 Å². The van der Waals surface area contributed by atoms with E-state index in [0.717, 1.165) is 17.9 Å². The van der Waals surface area contributed by atoms with Gasteiger partial charge in [-0.3, -0.25) is 4.18 Å². The van der Waals surface area contributed by atoms with E-state index in [1.54, 1.807) is 39.8 Å². The van der Waals surface area contributed by atoms with Crippen molar-refractivity contribution in [3.63, 3.8) is 0 Å². The van der Waals surface area contributed by atoms with E-state index in [0.29, 0.717) is 11.1 Å². The molecule has 10 heteroatoms. The minimum Gasteiger partial charge on any atom is -0.466 e. The molecule has 1 aromatic carbocycles. The Labute approximate surface area is 173 Å². The Morgan fingerprint density at radius 3 is 2.00 bits per heavy atom. The molecule has 0 spiro atoms. The Morgan fingerprint density at radius 2 is 1.59 bits per heavy atom. The topological polar surface area (TPSA) is 116 Å². The van der Waals surface area contributed by atoms with Crippen LogP contribution in [0.5, 0.6) is 0 Å². The van der Waals surface area contributed by atoms with Gasteiger partial charge in [-0.05, 0) is 43.9 Å². The monoisotopic (exact) mass is 447 g/mol. The Bertz CT molecular complexity index is 957. The number of esters is 1.